The van der Waals surface area contributed by atoms with Crippen LogP contribution in [-0.2, 0) is 13.2 Å². The molecule has 1 fully saturated rings. The topological polar surface area (TPSA) is 86.6 Å². The minimum absolute atomic E-state index is 0.0720. The van der Waals surface area contributed by atoms with Gasteiger partial charge in [0, 0.05) is 42.5 Å². The Balaban J connectivity index is 1.75. The van der Waals surface area contributed by atoms with Crippen molar-refractivity contribution in [2.75, 3.05) is 13.1 Å². The summed E-state index contributed by atoms with van der Waals surface area (Å²) in [4.78, 5) is 23.1. The maximum atomic E-state index is 12.7. The zero-order chi connectivity index (χ0) is 17.8. The second kappa shape index (κ2) is 7.72. The van der Waals surface area contributed by atoms with Crippen molar-refractivity contribution in [3.63, 3.8) is 0 Å². The Hall–Kier alpha value is -2.31. The lowest BCUT2D eigenvalue weighted by atomic mass is 9.91. The normalized spacial score (nSPS) is 18.2. The third-order valence-corrected chi connectivity index (χ3v) is 4.78. The smallest absolute Gasteiger partial charge is 0.185 e. The first-order valence-corrected chi connectivity index (χ1v) is 8.55. The monoisotopic (exact) mass is 341 g/mol. The predicted octanol–water partition coefficient (Wildman–Crippen LogP) is 2.08. The Kier molecular flexibility index (Phi) is 5.40. The predicted molar refractivity (Wildman–Crippen MR) is 93.1 cm³/mol. The number of carbonyl (C=O) groups is 1. The van der Waals surface area contributed by atoms with Crippen LogP contribution in [0.5, 0.6) is 5.75 Å². The van der Waals surface area contributed by atoms with E-state index in [0.717, 1.165) is 19.4 Å². The molecule has 2 aromatic heterocycles. The van der Waals surface area contributed by atoms with E-state index in [1.165, 1.54) is 0 Å². The van der Waals surface area contributed by atoms with E-state index >= 15 is 0 Å². The average molecular weight is 341 g/mol. The number of pyridine rings is 2. The van der Waals surface area contributed by atoms with E-state index in [1.807, 2.05) is 6.07 Å². The minimum Gasteiger partial charge on any atom is -0.506 e. The third-order valence-electron chi connectivity index (χ3n) is 4.78. The van der Waals surface area contributed by atoms with Gasteiger partial charge in [-0.15, -0.1) is 0 Å². The molecule has 0 amide bonds. The van der Waals surface area contributed by atoms with Crippen molar-refractivity contribution in [2.45, 2.75) is 32.9 Å². The van der Waals surface area contributed by atoms with Gasteiger partial charge in [0.1, 0.15) is 11.4 Å². The first-order valence-electron chi connectivity index (χ1n) is 8.55. The lowest BCUT2D eigenvalue weighted by molar-refractivity contribution is 0.0804. The second-order valence-corrected chi connectivity index (χ2v) is 6.51. The summed E-state index contributed by atoms with van der Waals surface area (Å²) >= 11 is 0. The molecule has 0 saturated carbocycles. The number of rotatable bonds is 5. The van der Waals surface area contributed by atoms with Gasteiger partial charge >= 0.3 is 0 Å². The number of aliphatic hydroxyl groups excluding tert-OH is 1. The lowest BCUT2D eigenvalue weighted by Gasteiger charge is -2.32. The first kappa shape index (κ1) is 17.5. The molecule has 2 N–H and O–H groups in total. The number of carbonyl (C=O) groups excluding carboxylic acids is 1. The molecule has 0 radical (unpaired) electrons. The molecular weight excluding hydrogens is 318 g/mol. The summed E-state index contributed by atoms with van der Waals surface area (Å²) in [6.07, 6.45) is 5.01. The van der Waals surface area contributed by atoms with Crippen LogP contribution in [0.2, 0.25) is 0 Å². The van der Waals surface area contributed by atoms with E-state index in [2.05, 4.69) is 14.9 Å². The largest absolute Gasteiger partial charge is 0.506 e. The van der Waals surface area contributed by atoms with Gasteiger partial charge in [-0.2, -0.15) is 0 Å². The summed E-state index contributed by atoms with van der Waals surface area (Å²) in [5.41, 5.74) is 2.38. The number of aromatic hydroxyl groups is 1. The Morgan fingerprint density at radius 2 is 2.20 bits per heavy atom. The maximum Gasteiger partial charge on any atom is 0.185 e. The van der Waals surface area contributed by atoms with Crippen molar-refractivity contribution in [1.82, 2.24) is 14.9 Å². The highest BCUT2D eigenvalue weighted by molar-refractivity contribution is 5.96. The summed E-state index contributed by atoms with van der Waals surface area (Å²) in [6, 6.07) is 5.38. The first-order chi connectivity index (χ1) is 12.1. The molecule has 3 heterocycles. The van der Waals surface area contributed by atoms with Crippen LogP contribution >= 0.6 is 0 Å². The zero-order valence-electron chi connectivity index (χ0n) is 14.4. The molecule has 1 aliphatic heterocycles. The molecule has 1 saturated heterocycles. The zero-order valence-corrected chi connectivity index (χ0v) is 14.4. The highest BCUT2D eigenvalue weighted by Crippen LogP contribution is 2.28. The maximum absolute atomic E-state index is 12.7. The Bertz CT molecular complexity index is 749. The van der Waals surface area contributed by atoms with Crippen LogP contribution in [0.15, 0.2) is 30.6 Å². The van der Waals surface area contributed by atoms with Gasteiger partial charge in [0.15, 0.2) is 5.78 Å². The average Bonchev–Trinajstić information content (AvgIpc) is 2.66. The van der Waals surface area contributed by atoms with Crippen LogP contribution in [0.3, 0.4) is 0 Å². The minimum atomic E-state index is -0.166. The molecule has 3 rings (SSSR count). The number of Topliss-reactive ketones (excluding diaryl/α,β-unsaturated/α-hetero) is 1. The van der Waals surface area contributed by atoms with Gasteiger partial charge in [-0.05, 0) is 38.4 Å². The van der Waals surface area contributed by atoms with E-state index in [4.69, 9.17) is 0 Å². The van der Waals surface area contributed by atoms with Crippen LogP contribution in [0.4, 0.5) is 0 Å². The van der Waals surface area contributed by atoms with Crippen molar-refractivity contribution in [3.8, 4) is 5.75 Å². The molecule has 132 valence electrons. The standard InChI is InChI=1S/C19H23N3O3/c1-13-18(24)16(15(12-23)9-21-13)11-22-8-4-5-14(10-22)19(25)17-6-2-3-7-20-17/h2-3,6-7,9,14,23-24H,4-5,8,10-12H2,1H3. The van der Waals surface area contributed by atoms with E-state index < -0.39 is 0 Å². The van der Waals surface area contributed by atoms with Crippen LogP contribution in [0, 0.1) is 12.8 Å². The molecule has 1 atom stereocenters. The van der Waals surface area contributed by atoms with E-state index in [0.29, 0.717) is 35.6 Å². The molecule has 6 heteroatoms. The number of aryl methyl sites for hydroxylation is 1. The van der Waals surface area contributed by atoms with Crippen molar-refractivity contribution in [2.24, 2.45) is 5.92 Å². The number of hydrogen-bond acceptors (Lipinski definition) is 6. The van der Waals surface area contributed by atoms with Crippen LogP contribution in [0.25, 0.3) is 0 Å². The van der Waals surface area contributed by atoms with Gasteiger partial charge < -0.3 is 10.2 Å². The number of piperidine rings is 1. The number of aliphatic hydroxyl groups is 1. The summed E-state index contributed by atoms with van der Waals surface area (Å²) in [5.74, 6) is 0.110. The van der Waals surface area contributed by atoms with Crippen molar-refractivity contribution < 1.29 is 15.0 Å². The van der Waals surface area contributed by atoms with Crippen LogP contribution in [0.1, 0.15) is 40.2 Å². The number of hydrogen-bond donors (Lipinski definition) is 2. The molecule has 6 nitrogen and oxygen atoms in total. The van der Waals surface area contributed by atoms with E-state index in [-0.39, 0.29) is 24.1 Å². The van der Waals surface area contributed by atoms with Gasteiger partial charge in [0.2, 0.25) is 0 Å². The fraction of sp³-hybridized carbons (Fsp3) is 0.421. The van der Waals surface area contributed by atoms with Crippen LogP contribution < -0.4 is 0 Å². The van der Waals surface area contributed by atoms with Crippen molar-refractivity contribution in [3.05, 3.63) is 53.1 Å². The number of aromatic nitrogens is 2. The number of likely N-dealkylation sites (tertiary alicyclic amines) is 1. The molecule has 0 spiro atoms. The molecule has 0 bridgehead atoms. The molecule has 0 aliphatic carbocycles. The molecule has 25 heavy (non-hydrogen) atoms. The highest BCUT2D eigenvalue weighted by Gasteiger charge is 2.28. The van der Waals surface area contributed by atoms with Gasteiger partial charge in [0.25, 0.3) is 0 Å². The lowest BCUT2D eigenvalue weighted by Crippen LogP contribution is -2.38. The fourth-order valence-corrected chi connectivity index (χ4v) is 3.35. The van der Waals surface area contributed by atoms with Gasteiger partial charge in [-0.25, -0.2) is 0 Å². The van der Waals surface area contributed by atoms with Gasteiger partial charge in [-0.3, -0.25) is 19.7 Å². The van der Waals surface area contributed by atoms with Crippen LogP contribution in [-0.4, -0.2) is 44.0 Å². The van der Waals surface area contributed by atoms with E-state index in [9.17, 15) is 15.0 Å². The van der Waals surface area contributed by atoms with Crippen molar-refractivity contribution in [1.29, 1.82) is 0 Å². The molecule has 1 unspecified atom stereocenters. The summed E-state index contributed by atoms with van der Waals surface area (Å²) in [6.45, 7) is 3.56. The summed E-state index contributed by atoms with van der Waals surface area (Å²) in [7, 11) is 0. The van der Waals surface area contributed by atoms with Gasteiger partial charge in [-0.1, -0.05) is 6.07 Å². The summed E-state index contributed by atoms with van der Waals surface area (Å²) < 4.78 is 0. The number of ketones is 1. The second-order valence-electron chi connectivity index (χ2n) is 6.51. The summed E-state index contributed by atoms with van der Waals surface area (Å²) in [5, 5.41) is 19.8. The van der Waals surface area contributed by atoms with Gasteiger partial charge in [0.05, 0.1) is 12.3 Å². The highest BCUT2D eigenvalue weighted by atomic mass is 16.3. The Morgan fingerprint density at radius 1 is 1.36 bits per heavy atom. The number of nitrogens with zero attached hydrogens (tertiary/aromatic N) is 3. The van der Waals surface area contributed by atoms with Crippen molar-refractivity contribution >= 4 is 5.78 Å². The molecular formula is C19H23N3O3. The SMILES string of the molecule is Cc1ncc(CO)c(CN2CCCC(C(=O)c3ccccn3)C2)c1O. The van der Waals surface area contributed by atoms with E-state index in [1.54, 1.807) is 31.5 Å². The Morgan fingerprint density at radius 3 is 2.92 bits per heavy atom. The Labute approximate surface area is 147 Å². The quantitative estimate of drug-likeness (QED) is 0.810. The molecule has 0 aromatic carbocycles. The third kappa shape index (κ3) is 3.86. The fourth-order valence-electron chi connectivity index (χ4n) is 3.35. The molecule has 2 aromatic rings. The molecule has 1 aliphatic rings.